The molecule has 1 saturated carbocycles. The topological polar surface area (TPSA) is 29.1 Å². The molecule has 1 N–H and O–H groups in total. The van der Waals surface area contributed by atoms with Gasteiger partial charge in [0.2, 0.25) is 0 Å². The molecule has 0 radical (unpaired) electrons. The van der Waals surface area contributed by atoms with Crippen LogP contribution in [0.25, 0.3) is 0 Å². The van der Waals surface area contributed by atoms with Gasteiger partial charge in [-0.25, -0.2) is 0 Å². The van der Waals surface area contributed by atoms with E-state index in [2.05, 4.69) is 5.32 Å². The molecule has 1 aliphatic carbocycles. The Morgan fingerprint density at radius 3 is 2.69 bits per heavy atom. The van der Waals surface area contributed by atoms with Gasteiger partial charge in [0.25, 0.3) is 0 Å². The number of halogens is 2. The first-order valence-electron chi connectivity index (χ1n) is 5.23. The first-order valence-corrected chi connectivity index (χ1v) is 7.31. The fourth-order valence-corrected chi connectivity index (χ4v) is 2.75. The molecular weight excluding hydrogens is 265 g/mol. The number of rotatable bonds is 5. The summed E-state index contributed by atoms with van der Waals surface area (Å²) in [7, 11) is -0.996. The Morgan fingerprint density at radius 1 is 1.31 bits per heavy atom. The summed E-state index contributed by atoms with van der Waals surface area (Å²) in [6.07, 6.45) is 2.50. The molecule has 0 amide bonds. The van der Waals surface area contributed by atoms with Crippen LogP contribution in [0.2, 0.25) is 10.0 Å². The lowest BCUT2D eigenvalue weighted by Gasteiger charge is -2.04. The lowest BCUT2D eigenvalue weighted by atomic mass is 10.4. The summed E-state index contributed by atoms with van der Waals surface area (Å²) >= 11 is 11.7. The van der Waals surface area contributed by atoms with Gasteiger partial charge in [-0.2, -0.15) is 0 Å². The number of benzene rings is 1. The van der Waals surface area contributed by atoms with Crippen LogP contribution < -0.4 is 5.32 Å². The summed E-state index contributed by atoms with van der Waals surface area (Å²) < 4.78 is 11.9. The molecule has 0 heterocycles. The van der Waals surface area contributed by atoms with Crippen LogP contribution in [0.1, 0.15) is 12.8 Å². The molecule has 16 heavy (non-hydrogen) atoms. The van der Waals surface area contributed by atoms with Crippen molar-refractivity contribution in [1.29, 1.82) is 0 Å². The second-order valence-corrected chi connectivity index (χ2v) is 6.24. The van der Waals surface area contributed by atoms with Gasteiger partial charge in [0.15, 0.2) is 0 Å². The van der Waals surface area contributed by atoms with Crippen molar-refractivity contribution in [2.75, 3.05) is 12.3 Å². The molecule has 1 aliphatic rings. The first kappa shape index (κ1) is 12.4. The molecule has 1 aromatic carbocycles. The minimum absolute atomic E-state index is 0.461. The van der Waals surface area contributed by atoms with Crippen LogP contribution in [-0.4, -0.2) is 22.5 Å². The summed E-state index contributed by atoms with van der Waals surface area (Å²) in [6, 6.07) is 5.79. The SMILES string of the molecule is O=S(CCNC1CC1)c1ccc(Cl)c(Cl)c1. The van der Waals surface area contributed by atoms with E-state index in [1.54, 1.807) is 18.2 Å². The first-order chi connectivity index (χ1) is 7.66. The predicted molar refractivity (Wildman–Crippen MR) is 68.8 cm³/mol. The molecule has 88 valence electrons. The lowest BCUT2D eigenvalue weighted by molar-refractivity contribution is 0.672. The Labute approximate surface area is 108 Å². The third kappa shape index (κ3) is 3.45. The largest absolute Gasteiger partial charge is 0.313 e. The molecule has 0 saturated heterocycles. The van der Waals surface area contributed by atoms with E-state index in [1.165, 1.54) is 12.8 Å². The highest BCUT2D eigenvalue weighted by Gasteiger charge is 2.20. The van der Waals surface area contributed by atoms with Crippen LogP contribution in [0.5, 0.6) is 0 Å². The Bertz CT molecular complexity index is 407. The highest BCUT2D eigenvalue weighted by Crippen LogP contribution is 2.24. The van der Waals surface area contributed by atoms with E-state index in [0.717, 1.165) is 11.4 Å². The monoisotopic (exact) mass is 277 g/mol. The zero-order valence-corrected chi connectivity index (χ0v) is 11.0. The van der Waals surface area contributed by atoms with Gasteiger partial charge in [-0.3, -0.25) is 4.21 Å². The van der Waals surface area contributed by atoms with Crippen LogP contribution in [0.4, 0.5) is 0 Å². The van der Waals surface area contributed by atoms with Crippen molar-refractivity contribution in [1.82, 2.24) is 5.32 Å². The van der Waals surface area contributed by atoms with Gasteiger partial charge in [-0.05, 0) is 31.0 Å². The Kier molecular flexibility index (Phi) is 4.25. The van der Waals surface area contributed by atoms with Crippen molar-refractivity contribution in [2.45, 2.75) is 23.8 Å². The summed E-state index contributed by atoms with van der Waals surface area (Å²) in [5.74, 6) is 0.620. The average Bonchev–Trinajstić information content (AvgIpc) is 3.06. The Balaban J connectivity index is 1.88. The fourth-order valence-electron chi connectivity index (χ4n) is 1.38. The number of nitrogens with one attached hydrogen (secondary N) is 1. The maximum absolute atomic E-state index is 11.9. The quantitative estimate of drug-likeness (QED) is 0.897. The normalized spacial score (nSPS) is 17.4. The molecule has 0 bridgehead atoms. The van der Waals surface area contributed by atoms with Gasteiger partial charge in [-0.15, -0.1) is 0 Å². The van der Waals surface area contributed by atoms with Crippen LogP contribution in [0.15, 0.2) is 23.1 Å². The second kappa shape index (κ2) is 5.50. The molecule has 0 aliphatic heterocycles. The van der Waals surface area contributed by atoms with Gasteiger partial charge in [0.05, 0.1) is 20.8 Å². The summed E-state index contributed by atoms with van der Waals surface area (Å²) in [4.78, 5) is 0.743. The highest BCUT2D eigenvalue weighted by atomic mass is 35.5. The van der Waals surface area contributed by atoms with E-state index in [-0.39, 0.29) is 0 Å². The van der Waals surface area contributed by atoms with E-state index in [1.807, 2.05) is 0 Å². The van der Waals surface area contributed by atoms with Gasteiger partial charge < -0.3 is 5.32 Å². The second-order valence-electron chi connectivity index (χ2n) is 3.85. The molecule has 1 unspecified atom stereocenters. The molecule has 1 fully saturated rings. The van der Waals surface area contributed by atoms with Gasteiger partial charge >= 0.3 is 0 Å². The third-order valence-corrected chi connectivity index (χ3v) is 4.55. The molecule has 2 rings (SSSR count). The van der Waals surface area contributed by atoms with E-state index in [9.17, 15) is 4.21 Å². The molecule has 0 aromatic heterocycles. The minimum Gasteiger partial charge on any atom is -0.313 e. The van der Waals surface area contributed by atoms with Gasteiger partial charge in [0.1, 0.15) is 0 Å². The van der Waals surface area contributed by atoms with Crippen molar-refractivity contribution in [3.05, 3.63) is 28.2 Å². The van der Waals surface area contributed by atoms with Gasteiger partial charge in [-0.1, -0.05) is 23.2 Å². The molecule has 1 atom stereocenters. The van der Waals surface area contributed by atoms with E-state index in [4.69, 9.17) is 23.2 Å². The summed E-state index contributed by atoms with van der Waals surface area (Å²) in [6.45, 7) is 0.789. The summed E-state index contributed by atoms with van der Waals surface area (Å²) in [5, 5.41) is 4.29. The Morgan fingerprint density at radius 2 is 2.06 bits per heavy atom. The summed E-state index contributed by atoms with van der Waals surface area (Å²) in [5.41, 5.74) is 0. The smallest absolute Gasteiger partial charge is 0.0604 e. The van der Waals surface area contributed by atoms with E-state index < -0.39 is 10.8 Å². The van der Waals surface area contributed by atoms with Crippen LogP contribution in [0, 0.1) is 0 Å². The molecule has 2 nitrogen and oxygen atoms in total. The maximum Gasteiger partial charge on any atom is 0.0604 e. The Hall–Kier alpha value is -0.0900. The van der Waals surface area contributed by atoms with E-state index >= 15 is 0 Å². The van der Waals surface area contributed by atoms with E-state index in [0.29, 0.717) is 21.8 Å². The molecule has 5 heteroatoms. The van der Waals surface area contributed by atoms with Crippen molar-refractivity contribution >= 4 is 34.0 Å². The van der Waals surface area contributed by atoms with Crippen LogP contribution in [-0.2, 0) is 10.8 Å². The highest BCUT2D eigenvalue weighted by molar-refractivity contribution is 7.85. The number of hydrogen-bond donors (Lipinski definition) is 1. The molecular formula is C11H13Cl2NOS. The van der Waals surface area contributed by atoms with Crippen LogP contribution >= 0.6 is 23.2 Å². The minimum atomic E-state index is -0.996. The standard InChI is InChI=1S/C11H13Cl2NOS/c12-10-4-3-9(7-11(10)13)16(15)6-5-14-8-1-2-8/h3-4,7-8,14H,1-2,5-6H2. The van der Waals surface area contributed by atoms with Crippen molar-refractivity contribution in [3.8, 4) is 0 Å². The molecule has 1 aromatic rings. The predicted octanol–water partition coefficient (Wildman–Crippen LogP) is 2.85. The van der Waals surface area contributed by atoms with Gasteiger partial charge in [0, 0.05) is 23.2 Å². The average molecular weight is 278 g/mol. The zero-order valence-electron chi connectivity index (χ0n) is 8.71. The molecule has 0 spiro atoms. The number of hydrogen-bond acceptors (Lipinski definition) is 2. The van der Waals surface area contributed by atoms with Crippen molar-refractivity contribution < 1.29 is 4.21 Å². The van der Waals surface area contributed by atoms with Crippen molar-refractivity contribution in [3.63, 3.8) is 0 Å². The fraction of sp³-hybridized carbons (Fsp3) is 0.455. The third-order valence-electron chi connectivity index (χ3n) is 2.45. The lowest BCUT2D eigenvalue weighted by Crippen LogP contribution is -2.22. The zero-order chi connectivity index (χ0) is 11.5. The van der Waals surface area contributed by atoms with Crippen LogP contribution in [0.3, 0.4) is 0 Å². The maximum atomic E-state index is 11.9. The van der Waals surface area contributed by atoms with Crippen molar-refractivity contribution in [2.24, 2.45) is 0 Å².